The minimum Gasteiger partial charge on any atom is -0.465 e. The van der Waals surface area contributed by atoms with E-state index in [0.717, 1.165) is 11.5 Å². The number of hydrogen-bond donors (Lipinski definition) is 1. The lowest BCUT2D eigenvalue weighted by Crippen LogP contribution is -2.22. The smallest absolute Gasteiger partial charge is 0.251 e. The molecule has 16 heavy (non-hydrogen) atoms. The number of amides is 1. The summed E-state index contributed by atoms with van der Waals surface area (Å²) in [5.41, 5.74) is 0.658. The number of benzene rings is 1. The lowest BCUT2D eigenvalue weighted by molar-refractivity contribution is 0.0948. The number of hydrogen-bond acceptors (Lipinski definition) is 2. The maximum atomic E-state index is 11.7. The Hall–Kier alpha value is -2.03. The molecule has 0 saturated heterocycles. The molecule has 0 aliphatic heterocycles. The number of carbonyl (C=O) groups excluding carboxylic acids is 1. The Bertz CT molecular complexity index is 474. The normalized spacial score (nSPS) is 10.1. The lowest BCUT2D eigenvalue weighted by Gasteiger charge is -2.02. The second-order valence-electron chi connectivity index (χ2n) is 3.56. The first-order valence-corrected chi connectivity index (χ1v) is 5.14. The Kier molecular flexibility index (Phi) is 3.05. The SMILES string of the molecule is Cc1ccc(CNC(=O)c2ccccc2)o1. The zero-order valence-corrected chi connectivity index (χ0v) is 9.07. The van der Waals surface area contributed by atoms with Gasteiger partial charge in [-0.1, -0.05) is 18.2 Å². The van der Waals surface area contributed by atoms with E-state index in [4.69, 9.17) is 4.42 Å². The van der Waals surface area contributed by atoms with Crippen LogP contribution in [0.1, 0.15) is 21.9 Å². The van der Waals surface area contributed by atoms with Crippen molar-refractivity contribution in [2.75, 3.05) is 0 Å². The highest BCUT2D eigenvalue weighted by Crippen LogP contribution is 2.06. The molecular formula is C13H13NO2. The van der Waals surface area contributed by atoms with Gasteiger partial charge in [0, 0.05) is 5.56 Å². The maximum Gasteiger partial charge on any atom is 0.251 e. The van der Waals surface area contributed by atoms with E-state index < -0.39 is 0 Å². The summed E-state index contributed by atoms with van der Waals surface area (Å²) in [4.78, 5) is 11.7. The molecule has 0 unspecified atom stereocenters. The highest BCUT2D eigenvalue weighted by molar-refractivity contribution is 5.93. The number of carbonyl (C=O) groups is 1. The summed E-state index contributed by atoms with van der Waals surface area (Å²) in [7, 11) is 0. The van der Waals surface area contributed by atoms with Crippen molar-refractivity contribution in [3.05, 3.63) is 59.5 Å². The van der Waals surface area contributed by atoms with Crippen LogP contribution in [0.4, 0.5) is 0 Å². The minimum atomic E-state index is -0.0883. The molecule has 0 aliphatic rings. The number of nitrogens with one attached hydrogen (secondary N) is 1. The van der Waals surface area contributed by atoms with Crippen molar-refractivity contribution in [2.24, 2.45) is 0 Å². The number of furan rings is 1. The molecular weight excluding hydrogens is 202 g/mol. The van der Waals surface area contributed by atoms with Gasteiger partial charge in [0.2, 0.25) is 0 Å². The maximum absolute atomic E-state index is 11.7. The van der Waals surface area contributed by atoms with Crippen molar-refractivity contribution in [3.8, 4) is 0 Å². The molecule has 0 saturated carbocycles. The van der Waals surface area contributed by atoms with Crippen LogP contribution in [0.5, 0.6) is 0 Å². The molecule has 1 heterocycles. The van der Waals surface area contributed by atoms with Gasteiger partial charge in [0.15, 0.2) is 0 Å². The molecule has 1 amide bonds. The molecule has 0 spiro atoms. The fourth-order valence-electron chi connectivity index (χ4n) is 1.44. The van der Waals surface area contributed by atoms with E-state index in [2.05, 4.69) is 5.32 Å². The predicted octanol–water partition coefficient (Wildman–Crippen LogP) is 2.52. The van der Waals surface area contributed by atoms with E-state index in [1.165, 1.54) is 0 Å². The van der Waals surface area contributed by atoms with E-state index in [1.807, 2.05) is 37.3 Å². The molecule has 0 bridgehead atoms. The Morgan fingerprint density at radius 1 is 1.19 bits per heavy atom. The van der Waals surface area contributed by atoms with E-state index in [0.29, 0.717) is 12.1 Å². The van der Waals surface area contributed by atoms with Gasteiger partial charge < -0.3 is 9.73 Å². The number of aryl methyl sites for hydroxylation is 1. The van der Waals surface area contributed by atoms with E-state index in [1.54, 1.807) is 12.1 Å². The third-order valence-corrected chi connectivity index (χ3v) is 2.26. The average molecular weight is 215 g/mol. The monoisotopic (exact) mass is 215 g/mol. The lowest BCUT2D eigenvalue weighted by atomic mass is 10.2. The zero-order valence-electron chi connectivity index (χ0n) is 9.07. The first-order valence-electron chi connectivity index (χ1n) is 5.14. The minimum absolute atomic E-state index is 0.0883. The molecule has 1 aromatic carbocycles. The topological polar surface area (TPSA) is 42.2 Å². The van der Waals surface area contributed by atoms with Gasteiger partial charge in [-0.15, -0.1) is 0 Å². The van der Waals surface area contributed by atoms with Gasteiger partial charge in [0.25, 0.3) is 5.91 Å². The summed E-state index contributed by atoms with van der Waals surface area (Å²) in [5, 5.41) is 2.80. The van der Waals surface area contributed by atoms with Gasteiger partial charge in [0.1, 0.15) is 11.5 Å². The molecule has 1 aromatic heterocycles. The molecule has 82 valence electrons. The first-order chi connectivity index (χ1) is 7.75. The van der Waals surface area contributed by atoms with Crippen molar-refractivity contribution in [3.63, 3.8) is 0 Å². The van der Waals surface area contributed by atoms with Crippen LogP contribution in [0.3, 0.4) is 0 Å². The number of rotatable bonds is 3. The largest absolute Gasteiger partial charge is 0.465 e. The average Bonchev–Trinajstić information content (AvgIpc) is 2.73. The van der Waals surface area contributed by atoms with E-state index >= 15 is 0 Å². The highest BCUT2D eigenvalue weighted by atomic mass is 16.3. The summed E-state index contributed by atoms with van der Waals surface area (Å²) in [6.45, 7) is 2.30. The third-order valence-electron chi connectivity index (χ3n) is 2.26. The van der Waals surface area contributed by atoms with Crippen LogP contribution in [0, 0.1) is 6.92 Å². The van der Waals surface area contributed by atoms with Gasteiger partial charge in [-0.25, -0.2) is 0 Å². The van der Waals surface area contributed by atoms with Gasteiger partial charge in [-0.05, 0) is 31.2 Å². The molecule has 3 heteroatoms. The molecule has 3 nitrogen and oxygen atoms in total. The van der Waals surface area contributed by atoms with Crippen LogP contribution in [-0.4, -0.2) is 5.91 Å². The summed E-state index contributed by atoms with van der Waals surface area (Å²) >= 11 is 0. The molecule has 2 rings (SSSR count). The van der Waals surface area contributed by atoms with Crippen LogP contribution in [-0.2, 0) is 6.54 Å². The fourth-order valence-corrected chi connectivity index (χ4v) is 1.44. The summed E-state index contributed by atoms with van der Waals surface area (Å²) in [6.07, 6.45) is 0. The van der Waals surface area contributed by atoms with Crippen molar-refractivity contribution in [1.82, 2.24) is 5.32 Å². The van der Waals surface area contributed by atoms with Gasteiger partial charge in [0.05, 0.1) is 6.54 Å². The van der Waals surface area contributed by atoms with Crippen LogP contribution in [0.15, 0.2) is 46.9 Å². The van der Waals surface area contributed by atoms with Crippen LogP contribution in [0.2, 0.25) is 0 Å². The molecule has 0 fully saturated rings. The zero-order chi connectivity index (χ0) is 11.4. The van der Waals surface area contributed by atoms with Crippen molar-refractivity contribution < 1.29 is 9.21 Å². The highest BCUT2D eigenvalue weighted by Gasteiger charge is 2.05. The van der Waals surface area contributed by atoms with Crippen LogP contribution >= 0.6 is 0 Å². The molecule has 0 aliphatic carbocycles. The van der Waals surface area contributed by atoms with E-state index in [9.17, 15) is 4.79 Å². The summed E-state index contributed by atoms with van der Waals surface area (Å²) < 4.78 is 5.36. The summed E-state index contributed by atoms with van der Waals surface area (Å²) in [5.74, 6) is 1.53. The van der Waals surface area contributed by atoms with Gasteiger partial charge in [-0.3, -0.25) is 4.79 Å². The van der Waals surface area contributed by atoms with Crippen LogP contribution in [0.25, 0.3) is 0 Å². The molecule has 0 atom stereocenters. The predicted molar refractivity (Wildman–Crippen MR) is 61.1 cm³/mol. The van der Waals surface area contributed by atoms with Gasteiger partial charge in [-0.2, -0.15) is 0 Å². The third kappa shape index (κ3) is 2.51. The van der Waals surface area contributed by atoms with Gasteiger partial charge >= 0.3 is 0 Å². The molecule has 2 aromatic rings. The Morgan fingerprint density at radius 2 is 1.94 bits per heavy atom. The Balaban J connectivity index is 1.94. The molecule has 1 N–H and O–H groups in total. The Labute approximate surface area is 94.1 Å². The fraction of sp³-hybridized carbons (Fsp3) is 0.154. The quantitative estimate of drug-likeness (QED) is 0.854. The van der Waals surface area contributed by atoms with Crippen LogP contribution < -0.4 is 5.32 Å². The first kappa shape index (κ1) is 10.5. The van der Waals surface area contributed by atoms with Crippen molar-refractivity contribution in [1.29, 1.82) is 0 Å². The Morgan fingerprint density at radius 3 is 2.56 bits per heavy atom. The van der Waals surface area contributed by atoms with E-state index in [-0.39, 0.29) is 5.91 Å². The molecule has 0 radical (unpaired) electrons. The second kappa shape index (κ2) is 4.66. The summed E-state index contributed by atoms with van der Waals surface area (Å²) in [6, 6.07) is 12.9. The van der Waals surface area contributed by atoms with Crippen molar-refractivity contribution in [2.45, 2.75) is 13.5 Å². The van der Waals surface area contributed by atoms with Crippen molar-refractivity contribution >= 4 is 5.91 Å². The second-order valence-corrected chi connectivity index (χ2v) is 3.56. The standard InChI is InChI=1S/C13H13NO2/c1-10-7-8-12(16-10)9-14-13(15)11-5-3-2-4-6-11/h2-8H,9H2,1H3,(H,14,15).